The molecule has 0 spiro atoms. The summed E-state index contributed by atoms with van der Waals surface area (Å²) in [6.45, 7) is 3.57. The molecule has 1 aliphatic heterocycles. The normalized spacial score (nSPS) is 17.7. The molecule has 7 heteroatoms. The number of anilines is 1. The Kier molecular flexibility index (Phi) is 3.04. The topological polar surface area (TPSA) is 82.7 Å². The fraction of sp³-hybridized carbons (Fsp3) is 0.667. The van der Waals surface area contributed by atoms with E-state index in [2.05, 4.69) is 22.1 Å². The molecule has 0 unspecified atom stereocenters. The summed E-state index contributed by atoms with van der Waals surface area (Å²) in [5.74, 6) is -0.320. The van der Waals surface area contributed by atoms with Crippen LogP contribution in [0.5, 0.6) is 0 Å². The molecule has 1 aromatic heterocycles. The fourth-order valence-corrected chi connectivity index (χ4v) is 1.58. The molecule has 0 amide bonds. The Morgan fingerprint density at radius 3 is 2.75 bits per heavy atom. The third-order valence-electron chi connectivity index (χ3n) is 2.55. The van der Waals surface area contributed by atoms with Crippen LogP contribution in [0.1, 0.15) is 5.89 Å². The van der Waals surface area contributed by atoms with Crippen LogP contribution in [0, 0.1) is 0 Å². The van der Waals surface area contributed by atoms with Crippen LogP contribution in [-0.4, -0.2) is 59.3 Å². The number of rotatable bonds is 3. The minimum absolute atomic E-state index is 0.154. The van der Waals surface area contributed by atoms with E-state index in [1.54, 1.807) is 0 Å². The molecule has 1 fully saturated rings. The molecule has 2 heterocycles. The molecule has 88 valence electrons. The second-order valence-corrected chi connectivity index (χ2v) is 3.85. The van der Waals surface area contributed by atoms with Crippen molar-refractivity contribution in [2.75, 3.05) is 38.1 Å². The maximum Gasteiger partial charge on any atom is 0.312 e. The zero-order valence-electron chi connectivity index (χ0n) is 9.09. The van der Waals surface area contributed by atoms with Crippen LogP contribution in [0.4, 0.5) is 5.95 Å². The molecule has 2 rings (SSSR count). The Hall–Kier alpha value is -1.63. The van der Waals surface area contributed by atoms with E-state index in [1.807, 2.05) is 4.90 Å². The molecular formula is C9H14N4O3. The summed E-state index contributed by atoms with van der Waals surface area (Å²) in [4.78, 5) is 18.7. The highest BCUT2D eigenvalue weighted by Crippen LogP contribution is 2.11. The number of carboxylic acids is 1. The van der Waals surface area contributed by atoms with Gasteiger partial charge >= 0.3 is 5.97 Å². The molecule has 0 radical (unpaired) electrons. The van der Waals surface area contributed by atoms with Crippen molar-refractivity contribution in [2.45, 2.75) is 6.42 Å². The van der Waals surface area contributed by atoms with Gasteiger partial charge in [0.2, 0.25) is 5.89 Å². The lowest BCUT2D eigenvalue weighted by molar-refractivity contribution is -0.136. The highest BCUT2D eigenvalue weighted by molar-refractivity contribution is 5.68. The van der Waals surface area contributed by atoms with Gasteiger partial charge in [-0.2, -0.15) is 4.98 Å². The number of carboxylic acid groups (broad SMARTS) is 1. The number of aliphatic carboxylic acids is 1. The summed E-state index contributed by atoms with van der Waals surface area (Å²) in [6, 6.07) is 0. The minimum Gasteiger partial charge on any atom is -0.481 e. The van der Waals surface area contributed by atoms with Crippen molar-refractivity contribution in [3.05, 3.63) is 5.89 Å². The van der Waals surface area contributed by atoms with E-state index in [0.717, 1.165) is 26.2 Å². The molecule has 0 aromatic carbocycles. The van der Waals surface area contributed by atoms with Gasteiger partial charge in [0, 0.05) is 26.2 Å². The second-order valence-electron chi connectivity index (χ2n) is 3.85. The Balaban J connectivity index is 1.99. The number of likely N-dealkylation sites (N-methyl/N-ethyl adjacent to an activating group) is 1. The maximum absolute atomic E-state index is 10.4. The summed E-state index contributed by atoms with van der Waals surface area (Å²) in [5.41, 5.74) is 0. The number of hydrogen-bond donors (Lipinski definition) is 1. The van der Waals surface area contributed by atoms with Gasteiger partial charge in [-0.3, -0.25) is 4.79 Å². The molecule has 1 aromatic rings. The summed E-state index contributed by atoms with van der Waals surface area (Å²) in [7, 11) is 2.06. The molecule has 1 saturated heterocycles. The molecule has 0 bridgehead atoms. The van der Waals surface area contributed by atoms with E-state index in [0.29, 0.717) is 5.95 Å². The minimum atomic E-state index is -0.964. The van der Waals surface area contributed by atoms with Crippen LogP contribution < -0.4 is 4.90 Å². The van der Waals surface area contributed by atoms with Crippen molar-refractivity contribution in [1.29, 1.82) is 0 Å². The SMILES string of the molecule is CN1CCN(c2noc(CC(=O)O)n2)CC1. The molecule has 0 aliphatic carbocycles. The highest BCUT2D eigenvalue weighted by atomic mass is 16.5. The summed E-state index contributed by atoms with van der Waals surface area (Å²) < 4.78 is 4.86. The second kappa shape index (κ2) is 4.48. The predicted octanol–water partition coefficient (Wildman–Crippen LogP) is -0.551. The molecule has 1 aliphatic rings. The van der Waals surface area contributed by atoms with E-state index >= 15 is 0 Å². The zero-order valence-corrected chi connectivity index (χ0v) is 9.09. The van der Waals surface area contributed by atoms with Gasteiger partial charge in [-0.25, -0.2) is 0 Å². The van der Waals surface area contributed by atoms with Crippen LogP contribution in [0.3, 0.4) is 0 Å². The third kappa shape index (κ3) is 2.48. The highest BCUT2D eigenvalue weighted by Gasteiger charge is 2.19. The van der Waals surface area contributed by atoms with Crippen LogP contribution in [-0.2, 0) is 11.2 Å². The van der Waals surface area contributed by atoms with Crippen LogP contribution in [0.2, 0.25) is 0 Å². The van der Waals surface area contributed by atoms with E-state index in [4.69, 9.17) is 9.63 Å². The smallest absolute Gasteiger partial charge is 0.312 e. The molecule has 16 heavy (non-hydrogen) atoms. The van der Waals surface area contributed by atoms with Gasteiger partial charge in [0.05, 0.1) is 0 Å². The van der Waals surface area contributed by atoms with Crippen molar-refractivity contribution < 1.29 is 14.4 Å². The van der Waals surface area contributed by atoms with Gasteiger partial charge in [-0.05, 0) is 12.2 Å². The zero-order chi connectivity index (χ0) is 11.5. The lowest BCUT2D eigenvalue weighted by atomic mass is 10.3. The quantitative estimate of drug-likeness (QED) is 0.740. The number of carbonyl (C=O) groups is 1. The van der Waals surface area contributed by atoms with E-state index in [1.165, 1.54) is 0 Å². The van der Waals surface area contributed by atoms with Crippen LogP contribution >= 0.6 is 0 Å². The average molecular weight is 226 g/mol. The first-order valence-electron chi connectivity index (χ1n) is 5.13. The first kappa shape index (κ1) is 10.9. The monoisotopic (exact) mass is 226 g/mol. The van der Waals surface area contributed by atoms with Crippen molar-refractivity contribution in [2.24, 2.45) is 0 Å². The molecule has 1 N–H and O–H groups in total. The van der Waals surface area contributed by atoms with Gasteiger partial charge in [-0.1, -0.05) is 0 Å². The lowest BCUT2D eigenvalue weighted by Gasteiger charge is -2.31. The van der Waals surface area contributed by atoms with Crippen molar-refractivity contribution in [3.63, 3.8) is 0 Å². The van der Waals surface area contributed by atoms with Gasteiger partial charge in [0.1, 0.15) is 6.42 Å². The summed E-state index contributed by atoms with van der Waals surface area (Å²) in [6.07, 6.45) is -0.221. The van der Waals surface area contributed by atoms with Crippen LogP contribution in [0.25, 0.3) is 0 Å². The van der Waals surface area contributed by atoms with Gasteiger partial charge < -0.3 is 19.4 Å². The van der Waals surface area contributed by atoms with E-state index in [9.17, 15) is 4.79 Å². The van der Waals surface area contributed by atoms with Crippen molar-refractivity contribution in [1.82, 2.24) is 15.0 Å². The van der Waals surface area contributed by atoms with Crippen LogP contribution in [0.15, 0.2) is 4.52 Å². The molecule has 0 saturated carbocycles. The third-order valence-corrected chi connectivity index (χ3v) is 2.55. The average Bonchev–Trinajstić information content (AvgIpc) is 2.66. The number of nitrogens with zero attached hydrogens (tertiary/aromatic N) is 4. The number of aromatic nitrogens is 2. The Morgan fingerprint density at radius 1 is 1.44 bits per heavy atom. The lowest BCUT2D eigenvalue weighted by Crippen LogP contribution is -2.44. The largest absolute Gasteiger partial charge is 0.481 e. The molecule has 0 atom stereocenters. The Labute approximate surface area is 92.6 Å². The van der Waals surface area contributed by atoms with Crippen molar-refractivity contribution >= 4 is 11.9 Å². The molecular weight excluding hydrogens is 212 g/mol. The van der Waals surface area contributed by atoms with E-state index in [-0.39, 0.29) is 12.3 Å². The van der Waals surface area contributed by atoms with Gasteiger partial charge in [0.25, 0.3) is 5.95 Å². The first-order chi connectivity index (χ1) is 7.65. The fourth-order valence-electron chi connectivity index (χ4n) is 1.58. The van der Waals surface area contributed by atoms with Gasteiger partial charge in [0.15, 0.2) is 0 Å². The Bertz CT molecular complexity index is 371. The predicted molar refractivity (Wildman–Crippen MR) is 55.3 cm³/mol. The molecule has 7 nitrogen and oxygen atoms in total. The summed E-state index contributed by atoms with van der Waals surface area (Å²) in [5, 5.41) is 12.3. The summed E-state index contributed by atoms with van der Waals surface area (Å²) >= 11 is 0. The first-order valence-corrected chi connectivity index (χ1v) is 5.13. The van der Waals surface area contributed by atoms with Gasteiger partial charge in [-0.15, -0.1) is 0 Å². The van der Waals surface area contributed by atoms with E-state index < -0.39 is 5.97 Å². The number of hydrogen-bond acceptors (Lipinski definition) is 6. The Morgan fingerprint density at radius 2 is 2.12 bits per heavy atom. The van der Waals surface area contributed by atoms with Crippen molar-refractivity contribution in [3.8, 4) is 0 Å². The standard InChI is InChI=1S/C9H14N4O3/c1-12-2-4-13(5-3-12)9-10-7(16-11-9)6-8(14)15/h2-6H2,1H3,(H,14,15). The maximum atomic E-state index is 10.4. The number of piperazine rings is 1.